The van der Waals surface area contributed by atoms with Gasteiger partial charge in [0, 0.05) is 24.3 Å². The fourth-order valence-electron chi connectivity index (χ4n) is 5.69. The average molecular weight is 342 g/mol. The molecule has 20 heavy (non-hydrogen) atoms. The van der Waals surface area contributed by atoms with Crippen LogP contribution in [0.5, 0.6) is 0 Å². The Balaban J connectivity index is 1.69. The maximum atomic E-state index is 12.8. The molecule has 0 unspecified atom stereocenters. The van der Waals surface area contributed by atoms with Crippen molar-refractivity contribution in [1.82, 2.24) is 4.90 Å². The van der Waals surface area contributed by atoms with Crippen LogP contribution in [-0.2, 0) is 4.79 Å². The number of alkyl halides is 1. The number of hydrogen-bond acceptors (Lipinski definition) is 1. The highest BCUT2D eigenvalue weighted by atomic mass is 79.9. The van der Waals surface area contributed by atoms with Crippen molar-refractivity contribution < 1.29 is 4.79 Å². The van der Waals surface area contributed by atoms with Gasteiger partial charge < -0.3 is 4.90 Å². The molecule has 4 saturated carbocycles. The number of amides is 1. The normalized spacial score (nSPS) is 38.5. The zero-order valence-corrected chi connectivity index (χ0v) is 14.5. The monoisotopic (exact) mass is 341 g/mol. The second-order valence-electron chi connectivity index (χ2n) is 7.96. The van der Waals surface area contributed by atoms with E-state index >= 15 is 0 Å². The Kier molecular flexibility index (Phi) is 4.18. The van der Waals surface area contributed by atoms with Gasteiger partial charge in [-0.3, -0.25) is 4.79 Å². The molecular weight excluding hydrogens is 314 g/mol. The highest BCUT2D eigenvalue weighted by Crippen LogP contribution is 2.61. The van der Waals surface area contributed by atoms with E-state index in [1.54, 1.807) is 0 Å². The first kappa shape index (κ1) is 14.9. The van der Waals surface area contributed by atoms with Gasteiger partial charge in [0.15, 0.2) is 0 Å². The minimum absolute atomic E-state index is 0.328. The van der Waals surface area contributed by atoms with Crippen molar-refractivity contribution in [3.63, 3.8) is 0 Å². The first-order chi connectivity index (χ1) is 9.51. The first-order valence-corrected chi connectivity index (χ1v) is 9.49. The summed E-state index contributed by atoms with van der Waals surface area (Å²) in [5, 5.41) is 0.887. The number of nitrogens with zero attached hydrogens (tertiary/aromatic N) is 1. The fourth-order valence-corrected chi connectivity index (χ4v) is 6.07. The molecule has 2 nitrogen and oxygen atoms in total. The predicted octanol–water partition coefficient (Wildman–Crippen LogP) is 4.22. The number of carbonyl (C=O) groups excluding carboxylic acids is 1. The minimum Gasteiger partial charge on any atom is -0.339 e. The van der Waals surface area contributed by atoms with Gasteiger partial charge in [-0.15, -0.1) is 0 Å². The van der Waals surface area contributed by atoms with Gasteiger partial charge in [0.1, 0.15) is 0 Å². The van der Waals surface area contributed by atoms with Gasteiger partial charge in [0.05, 0.1) is 0 Å². The van der Waals surface area contributed by atoms with Crippen LogP contribution in [0.2, 0.25) is 0 Å². The Labute approximate surface area is 131 Å². The number of hydrogen-bond donors (Lipinski definition) is 0. The second kappa shape index (κ2) is 5.62. The molecule has 4 bridgehead atoms. The third-order valence-corrected chi connectivity index (χ3v) is 6.32. The molecule has 0 N–H and O–H groups in total. The summed E-state index contributed by atoms with van der Waals surface area (Å²) in [6.07, 6.45) is 9.22. The van der Waals surface area contributed by atoms with Crippen molar-refractivity contribution >= 4 is 21.8 Å². The Morgan fingerprint density at radius 1 is 1.15 bits per heavy atom. The van der Waals surface area contributed by atoms with Gasteiger partial charge in [-0.25, -0.2) is 0 Å². The largest absolute Gasteiger partial charge is 0.339 e. The third-order valence-electron chi connectivity index (χ3n) is 5.96. The summed E-state index contributed by atoms with van der Waals surface area (Å²) in [6.45, 7) is 5.13. The summed E-state index contributed by atoms with van der Waals surface area (Å²) in [5.74, 6) is 3.23. The molecule has 0 aromatic heterocycles. The molecule has 0 heterocycles. The molecule has 1 amide bonds. The number of rotatable bonds is 5. The molecule has 114 valence electrons. The van der Waals surface area contributed by atoms with Crippen molar-refractivity contribution in [3.05, 3.63) is 0 Å². The third kappa shape index (κ3) is 2.80. The molecule has 4 rings (SSSR count). The summed E-state index contributed by atoms with van der Waals surface area (Å²) in [4.78, 5) is 14.8. The molecule has 4 aliphatic carbocycles. The first-order valence-electron chi connectivity index (χ1n) is 8.37. The van der Waals surface area contributed by atoms with Crippen LogP contribution in [0.1, 0.15) is 58.8 Å². The Morgan fingerprint density at radius 3 is 2.05 bits per heavy atom. The minimum atomic E-state index is 0.328. The molecule has 0 aliphatic heterocycles. The lowest BCUT2D eigenvalue weighted by molar-refractivity contribution is -0.140. The van der Waals surface area contributed by atoms with E-state index in [1.807, 2.05) is 0 Å². The lowest BCUT2D eigenvalue weighted by Crippen LogP contribution is -2.49. The number of carbonyl (C=O) groups is 1. The topological polar surface area (TPSA) is 20.3 Å². The quantitative estimate of drug-likeness (QED) is 0.685. The molecular formula is C17H28BrNO. The maximum Gasteiger partial charge on any atom is 0.223 e. The zero-order chi connectivity index (χ0) is 14.3. The Bertz CT molecular complexity index is 344. The second-order valence-corrected chi connectivity index (χ2v) is 8.76. The Hall–Kier alpha value is -0.0500. The average Bonchev–Trinajstić information content (AvgIpc) is 2.32. The van der Waals surface area contributed by atoms with E-state index in [4.69, 9.17) is 0 Å². The summed E-state index contributed by atoms with van der Waals surface area (Å²) in [5.41, 5.74) is 0.380. The van der Waals surface area contributed by atoms with E-state index in [0.717, 1.165) is 36.0 Å². The standard InChI is InChI=1S/C17H28BrNO/c1-12(2)19(4-3-18)16(20)11-17-8-13-5-14(9-17)7-15(6-13)10-17/h12-15H,3-11H2,1-2H3. The van der Waals surface area contributed by atoms with Crippen LogP contribution in [0.25, 0.3) is 0 Å². The van der Waals surface area contributed by atoms with E-state index in [1.165, 1.54) is 38.5 Å². The van der Waals surface area contributed by atoms with E-state index in [9.17, 15) is 4.79 Å². The predicted molar refractivity (Wildman–Crippen MR) is 85.9 cm³/mol. The highest BCUT2D eigenvalue weighted by Gasteiger charge is 2.51. The molecule has 0 radical (unpaired) electrons. The van der Waals surface area contributed by atoms with Crippen LogP contribution in [0.3, 0.4) is 0 Å². The van der Waals surface area contributed by atoms with Crippen molar-refractivity contribution in [2.75, 3.05) is 11.9 Å². The molecule has 4 aliphatic rings. The lowest BCUT2D eigenvalue weighted by Gasteiger charge is -2.57. The summed E-state index contributed by atoms with van der Waals surface area (Å²) in [6, 6.07) is 0.328. The molecule has 4 fully saturated rings. The summed E-state index contributed by atoms with van der Waals surface area (Å²) >= 11 is 3.49. The van der Waals surface area contributed by atoms with Gasteiger partial charge in [0.25, 0.3) is 0 Å². The van der Waals surface area contributed by atoms with Crippen LogP contribution in [-0.4, -0.2) is 28.7 Å². The van der Waals surface area contributed by atoms with Crippen molar-refractivity contribution in [2.24, 2.45) is 23.2 Å². The molecule has 0 atom stereocenters. The molecule has 0 saturated heterocycles. The van der Waals surface area contributed by atoms with Crippen LogP contribution < -0.4 is 0 Å². The van der Waals surface area contributed by atoms with Gasteiger partial charge in [0.2, 0.25) is 5.91 Å². The zero-order valence-electron chi connectivity index (χ0n) is 12.9. The van der Waals surface area contributed by atoms with Crippen molar-refractivity contribution in [1.29, 1.82) is 0 Å². The summed E-state index contributed by atoms with van der Waals surface area (Å²) in [7, 11) is 0. The highest BCUT2D eigenvalue weighted by molar-refractivity contribution is 9.09. The van der Waals surface area contributed by atoms with Crippen molar-refractivity contribution in [2.45, 2.75) is 64.8 Å². The van der Waals surface area contributed by atoms with Crippen LogP contribution in [0.4, 0.5) is 0 Å². The lowest BCUT2D eigenvalue weighted by atomic mass is 9.49. The SMILES string of the molecule is CC(C)N(CCBr)C(=O)CC12CC3CC(CC(C3)C1)C2. The molecule has 0 aromatic carbocycles. The van der Waals surface area contributed by atoms with Crippen LogP contribution >= 0.6 is 15.9 Å². The number of halogens is 1. The molecule has 0 spiro atoms. The van der Waals surface area contributed by atoms with Crippen LogP contribution in [0, 0.1) is 23.2 Å². The fraction of sp³-hybridized carbons (Fsp3) is 0.941. The van der Waals surface area contributed by atoms with Gasteiger partial charge in [-0.1, -0.05) is 15.9 Å². The molecule has 0 aromatic rings. The van der Waals surface area contributed by atoms with E-state index in [0.29, 0.717) is 17.4 Å². The van der Waals surface area contributed by atoms with Gasteiger partial charge in [-0.2, -0.15) is 0 Å². The smallest absolute Gasteiger partial charge is 0.223 e. The van der Waals surface area contributed by atoms with Gasteiger partial charge in [-0.05, 0) is 75.5 Å². The van der Waals surface area contributed by atoms with E-state index in [-0.39, 0.29) is 0 Å². The van der Waals surface area contributed by atoms with Crippen LogP contribution in [0.15, 0.2) is 0 Å². The van der Waals surface area contributed by atoms with Gasteiger partial charge >= 0.3 is 0 Å². The molecule has 3 heteroatoms. The summed E-state index contributed by atoms with van der Waals surface area (Å²) < 4.78 is 0. The van der Waals surface area contributed by atoms with Crippen molar-refractivity contribution in [3.8, 4) is 0 Å². The maximum absolute atomic E-state index is 12.8. The Morgan fingerprint density at radius 2 is 1.65 bits per heavy atom. The van der Waals surface area contributed by atoms with E-state index in [2.05, 4.69) is 34.7 Å². The van der Waals surface area contributed by atoms with E-state index < -0.39 is 0 Å².